The van der Waals surface area contributed by atoms with Gasteiger partial charge in [-0.1, -0.05) is 25.7 Å². The van der Waals surface area contributed by atoms with Gasteiger partial charge in [-0.15, -0.1) is 0 Å². The maximum atomic E-state index is 13.1. The summed E-state index contributed by atoms with van der Waals surface area (Å²) in [6.45, 7) is 1.31. The van der Waals surface area contributed by atoms with Gasteiger partial charge in [-0.05, 0) is 37.0 Å². The third-order valence-corrected chi connectivity index (χ3v) is 5.10. The number of anilines is 1. The molecule has 0 bridgehead atoms. The van der Waals surface area contributed by atoms with Crippen molar-refractivity contribution >= 4 is 17.7 Å². The quantitative estimate of drug-likeness (QED) is 0.748. The number of hydrogen-bond acceptors (Lipinski definition) is 4. The van der Waals surface area contributed by atoms with E-state index in [1.807, 2.05) is 0 Å². The van der Waals surface area contributed by atoms with Crippen LogP contribution in [0.25, 0.3) is 0 Å². The second-order valence-electron chi connectivity index (χ2n) is 7.27. The predicted octanol–water partition coefficient (Wildman–Crippen LogP) is 4.06. The topological polar surface area (TPSA) is 97.1 Å². The maximum Gasteiger partial charge on any atom is 0.435 e. The molecule has 1 amide bonds. The van der Waals surface area contributed by atoms with E-state index < -0.39 is 29.8 Å². The molecule has 0 saturated heterocycles. The summed E-state index contributed by atoms with van der Waals surface area (Å²) in [5, 5.41) is 15.1. The molecule has 1 aliphatic rings. The Bertz CT molecular complexity index is 887. The number of amides is 1. The molecule has 0 unspecified atom stereocenters. The Morgan fingerprint density at radius 2 is 2.00 bits per heavy atom. The first-order chi connectivity index (χ1) is 13.6. The summed E-state index contributed by atoms with van der Waals surface area (Å²) in [7, 11) is 0. The number of nitrogens with one attached hydrogen (secondary N) is 1. The molecule has 1 fully saturated rings. The van der Waals surface area contributed by atoms with Gasteiger partial charge >= 0.3 is 12.1 Å². The second-order valence-corrected chi connectivity index (χ2v) is 7.27. The number of aryl methyl sites for hydroxylation is 1. The molecule has 2 aromatic heterocycles. The van der Waals surface area contributed by atoms with Crippen molar-refractivity contribution in [3.8, 4) is 0 Å². The summed E-state index contributed by atoms with van der Waals surface area (Å²) >= 11 is 0. The molecular formula is C19H21F3N4O3. The smallest absolute Gasteiger partial charge is 0.435 e. The number of carbonyl (C=O) groups is 2. The summed E-state index contributed by atoms with van der Waals surface area (Å²) in [5.74, 6) is -1.34. The number of aromatic carboxylic acids is 1. The average Bonchev–Trinajstić information content (AvgIpc) is 3.29. The van der Waals surface area contributed by atoms with Gasteiger partial charge in [0.2, 0.25) is 5.91 Å². The van der Waals surface area contributed by atoms with Gasteiger partial charge in [0.15, 0.2) is 5.69 Å². The molecule has 2 aromatic rings. The van der Waals surface area contributed by atoms with E-state index in [1.165, 1.54) is 25.3 Å². The lowest BCUT2D eigenvalue weighted by Crippen LogP contribution is -2.29. The summed E-state index contributed by atoms with van der Waals surface area (Å²) < 4.78 is 40.5. The van der Waals surface area contributed by atoms with Gasteiger partial charge in [0, 0.05) is 12.4 Å². The average molecular weight is 410 g/mol. The van der Waals surface area contributed by atoms with E-state index in [-0.39, 0.29) is 22.9 Å². The Hall–Kier alpha value is -2.91. The molecule has 1 aliphatic carbocycles. The highest BCUT2D eigenvalue weighted by molar-refractivity contribution is 5.93. The van der Waals surface area contributed by atoms with Crippen molar-refractivity contribution in [1.29, 1.82) is 0 Å². The summed E-state index contributed by atoms with van der Waals surface area (Å²) in [6.07, 6.45) is 2.01. The number of carbonyl (C=O) groups excluding carboxylic acids is 1. The normalized spacial score (nSPS) is 16.0. The van der Waals surface area contributed by atoms with Crippen molar-refractivity contribution in [3.05, 3.63) is 41.3 Å². The molecule has 0 spiro atoms. The van der Waals surface area contributed by atoms with Crippen LogP contribution in [0.3, 0.4) is 0 Å². The highest BCUT2D eigenvalue weighted by Crippen LogP contribution is 2.35. The lowest BCUT2D eigenvalue weighted by molar-refractivity contribution is -0.142. The Morgan fingerprint density at radius 3 is 2.52 bits per heavy atom. The number of carboxylic acids is 1. The molecule has 1 saturated carbocycles. The Kier molecular flexibility index (Phi) is 5.90. The van der Waals surface area contributed by atoms with Crippen LogP contribution in [-0.2, 0) is 11.0 Å². The zero-order chi connectivity index (χ0) is 21.2. The maximum absolute atomic E-state index is 13.1. The van der Waals surface area contributed by atoms with Gasteiger partial charge in [0.1, 0.15) is 11.9 Å². The van der Waals surface area contributed by atoms with Crippen LogP contribution in [-0.4, -0.2) is 31.7 Å². The fourth-order valence-corrected chi connectivity index (χ4v) is 3.62. The van der Waals surface area contributed by atoms with Crippen LogP contribution >= 0.6 is 0 Å². The SMILES string of the molecule is Cc1cn([C@@H](CC2CCCC2)C(=O)Nc2ccc(C(=O)O)cn2)nc1C(F)(F)F. The van der Waals surface area contributed by atoms with Crippen LogP contribution in [0.15, 0.2) is 24.5 Å². The number of aromatic nitrogens is 3. The molecule has 10 heteroatoms. The molecule has 2 N–H and O–H groups in total. The number of nitrogens with zero attached hydrogens (tertiary/aromatic N) is 3. The minimum absolute atomic E-state index is 0.0389. The van der Waals surface area contributed by atoms with Crippen molar-refractivity contribution in [2.75, 3.05) is 5.32 Å². The van der Waals surface area contributed by atoms with E-state index >= 15 is 0 Å². The van der Waals surface area contributed by atoms with Gasteiger partial charge in [-0.2, -0.15) is 18.3 Å². The first kappa shape index (κ1) is 20.8. The summed E-state index contributed by atoms with van der Waals surface area (Å²) in [4.78, 5) is 27.7. The number of rotatable bonds is 6. The lowest BCUT2D eigenvalue weighted by atomic mass is 9.98. The number of pyridine rings is 1. The third kappa shape index (κ3) is 4.93. The number of halogens is 3. The minimum Gasteiger partial charge on any atom is -0.478 e. The third-order valence-electron chi connectivity index (χ3n) is 5.10. The van der Waals surface area contributed by atoms with Crippen molar-refractivity contribution < 1.29 is 27.9 Å². The van der Waals surface area contributed by atoms with Crippen LogP contribution in [0.4, 0.5) is 19.0 Å². The van der Waals surface area contributed by atoms with E-state index in [2.05, 4.69) is 15.4 Å². The monoisotopic (exact) mass is 410 g/mol. The Morgan fingerprint density at radius 1 is 1.31 bits per heavy atom. The molecule has 0 aliphatic heterocycles. The van der Waals surface area contributed by atoms with Crippen LogP contribution in [0.5, 0.6) is 0 Å². The van der Waals surface area contributed by atoms with Gasteiger partial charge < -0.3 is 10.4 Å². The minimum atomic E-state index is -4.60. The van der Waals surface area contributed by atoms with E-state index in [0.717, 1.165) is 36.6 Å². The summed E-state index contributed by atoms with van der Waals surface area (Å²) in [5.41, 5.74) is -1.10. The van der Waals surface area contributed by atoms with Crippen LogP contribution in [0.1, 0.15) is 59.8 Å². The fourth-order valence-electron chi connectivity index (χ4n) is 3.62. The fraction of sp³-hybridized carbons (Fsp3) is 0.474. The van der Waals surface area contributed by atoms with Gasteiger partial charge in [0.25, 0.3) is 0 Å². The number of carboxylic acid groups (broad SMARTS) is 1. The highest BCUT2D eigenvalue weighted by Gasteiger charge is 2.37. The van der Waals surface area contributed by atoms with Crippen LogP contribution < -0.4 is 5.32 Å². The largest absolute Gasteiger partial charge is 0.478 e. The first-order valence-electron chi connectivity index (χ1n) is 9.28. The van der Waals surface area contributed by atoms with Gasteiger partial charge in [-0.25, -0.2) is 9.78 Å². The molecular weight excluding hydrogens is 389 g/mol. The van der Waals surface area contributed by atoms with Crippen molar-refractivity contribution in [3.63, 3.8) is 0 Å². The molecule has 156 valence electrons. The van der Waals surface area contributed by atoms with E-state index in [0.29, 0.717) is 6.42 Å². The Labute approximate surface area is 164 Å². The number of alkyl halides is 3. The molecule has 1 atom stereocenters. The predicted molar refractivity (Wildman–Crippen MR) is 97.4 cm³/mol. The summed E-state index contributed by atoms with van der Waals surface area (Å²) in [6, 6.07) is 1.70. The zero-order valence-electron chi connectivity index (χ0n) is 15.7. The molecule has 7 nitrogen and oxygen atoms in total. The zero-order valence-corrected chi connectivity index (χ0v) is 15.7. The molecule has 2 heterocycles. The second kappa shape index (κ2) is 8.22. The van der Waals surface area contributed by atoms with Crippen LogP contribution in [0, 0.1) is 12.8 Å². The van der Waals surface area contributed by atoms with E-state index in [1.54, 1.807) is 0 Å². The molecule has 3 rings (SSSR count). The van der Waals surface area contributed by atoms with Gasteiger partial charge in [-0.3, -0.25) is 9.48 Å². The van der Waals surface area contributed by atoms with Crippen LogP contribution in [0.2, 0.25) is 0 Å². The highest BCUT2D eigenvalue weighted by atomic mass is 19.4. The molecule has 29 heavy (non-hydrogen) atoms. The van der Waals surface area contributed by atoms with Crippen molar-refractivity contribution in [1.82, 2.24) is 14.8 Å². The standard InChI is InChI=1S/C19H21F3N4O3/c1-11-10-26(25-16(11)19(20,21)22)14(8-12-4-2-3-5-12)17(27)24-15-7-6-13(9-23-15)18(28)29/h6-7,9-10,12,14H,2-5,8H2,1H3,(H,28,29)(H,23,24,27)/t14-/m0/s1. The van der Waals surface area contributed by atoms with Crippen molar-refractivity contribution in [2.24, 2.45) is 5.92 Å². The lowest BCUT2D eigenvalue weighted by Gasteiger charge is -2.20. The molecule has 0 radical (unpaired) electrons. The Balaban J connectivity index is 1.84. The first-order valence-corrected chi connectivity index (χ1v) is 9.28. The van der Waals surface area contributed by atoms with Gasteiger partial charge in [0.05, 0.1) is 5.56 Å². The van der Waals surface area contributed by atoms with E-state index in [9.17, 15) is 22.8 Å². The van der Waals surface area contributed by atoms with Crippen molar-refractivity contribution in [2.45, 2.75) is 51.2 Å². The molecule has 0 aromatic carbocycles. The number of hydrogen-bond donors (Lipinski definition) is 2. The van der Waals surface area contributed by atoms with E-state index in [4.69, 9.17) is 5.11 Å².